The summed E-state index contributed by atoms with van der Waals surface area (Å²) in [4.78, 5) is 40.7. The molecule has 2 saturated heterocycles. The standard InChI is InChI=1S/C46H76O11/c1-12-34-18-16-14-15-17-28(5)43(52)45(11,54)44(53)33(10)41(51)32(9)40(50)31(8)39(49)27(4)19-22-38(48)55-42-30(7)36(21-20-34)56-46(35(42)13-2)24-23-26(3)37(57-46)25-29(6)47/h14-16,18-19,22,26-37,39,41-43,47,49,51-52,54H,12-13,17,20-21,23-25H2,1-11H3/b15-14+,18-16+,22-19+/t26-,27-,28+,29+,30+,31-,32-,33-,34-,35-,36-,37-,39-,41+,42+,43-,45+,46-/m1/s1. The lowest BCUT2D eigenvalue weighted by molar-refractivity contribution is -0.374. The van der Waals surface area contributed by atoms with E-state index in [4.69, 9.17) is 14.2 Å². The van der Waals surface area contributed by atoms with Gasteiger partial charge in [-0.2, -0.15) is 0 Å². The summed E-state index contributed by atoms with van der Waals surface area (Å²) in [6.07, 6.45) is 10.3. The van der Waals surface area contributed by atoms with Crippen molar-refractivity contribution in [3.8, 4) is 0 Å². The SMILES string of the molecule is CC[C@@H]1/C=C/C=C/C[C@H](C)[C@@H](O)[C@](C)(O)C(=O)[C@H](C)[C@@H](O)[C@H](C)C(=O)[C@H](C)[C@H](O)[C@H](C)/C=C/C(=O)O[C@H]2[C@@H](C)[C@@H](CC1)O[C@@]1(CC[C@@H](C)[C@@H](C[C@H](C)O)O1)[C@@H]2CC. The maximum Gasteiger partial charge on any atom is 0.330 e. The smallest absolute Gasteiger partial charge is 0.330 e. The molecule has 326 valence electrons. The second-order valence-electron chi connectivity index (χ2n) is 18.2. The number of esters is 1. The number of aliphatic hydroxyl groups excluding tert-OH is 4. The highest BCUT2D eigenvalue weighted by molar-refractivity contribution is 5.91. The molecule has 5 N–H and O–H groups in total. The average Bonchev–Trinajstić information content (AvgIpc) is 3.17. The molecule has 3 heterocycles. The van der Waals surface area contributed by atoms with Gasteiger partial charge in [0.05, 0.1) is 42.5 Å². The fraction of sp³-hybridized carbons (Fsp3) is 0.804. The molecule has 0 aromatic carbocycles. The molecule has 0 radical (unpaired) electrons. The number of fused-ring (bicyclic) bond motifs is 2. The highest BCUT2D eigenvalue weighted by Crippen LogP contribution is 2.50. The first-order chi connectivity index (χ1) is 26.6. The van der Waals surface area contributed by atoms with Crippen molar-refractivity contribution in [3.63, 3.8) is 0 Å². The van der Waals surface area contributed by atoms with Gasteiger partial charge in [-0.25, -0.2) is 4.79 Å². The molecule has 0 aromatic rings. The van der Waals surface area contributed by atoms with Crippen molar-refractivity contribution >= 4 is 17.5 Å². The molecule has 0 amide bonds. The van der Waals surface area contributed by atoms with Crippen LogP contribution in [-0.2, 0) is 28.6 Å². The van der Waals surface area contributed by atoms with Crippen LogP contribution < -0.4 is 0 Å². The van der Waals surface area contributed by atoms with Crippen molar-refractivity contribution in [2.24, 2.45) is 53.3 Å². The van der Waals surface area contributed by atoms with Gasteiger partial charge in [0.1, 0.15) is 17.5 Å². The Morgan fingerprint density at radius 2 is 1.47 bits per heavy atom. The van der Waals surface area contributed by atoms with Gasteiger partial charge < -0.3 is 39.7 Å². The highest BCUT2D eigenvalue weighted by atomic mass is 16.7. The van der Waals surface area contributed by atoms with E-state index >= 15 is 0 Å². The monoisotopic (exact) mass is 805 g/mol. The van der Waals surface area contributed by atoms with E-state index < -0.39 is 89.0 Å². The summed E-state index contributed by atoms with van der Waals surface area (Å²) in [5, 5.41) is 55.2. The van der Waals surface area contributed by atoms with Gasteiger partial charge in [0.25, 0.3) is 0 Å². The van der Waals surface area contributed by atoms with Crippen molar-refractivity contribution in [1.29, 1.82) is 0 Å². The van der Waals surface area contributed by atoms with Crippen LogP contribution in [0.3, 0.4) is 0 Å². The Bertz CT molecular complexity index is 1400. The van der Waals surface area contributed by atoms with Gasteiger partial charge in [-0.15, -0.1) is 0 Å². The fourth-order valence-electron chi connectivity index (χ4n) is 9.37. The summed E-state index contributed by atoms with van der Waals surface area (Å²) in [7, 11) is 0. The number of ketones is 2. The third-order valence-corrected chi connectivity index (χ3v) is 13.6. The Hall–Kier alpha value is -2.25. The second-order valence-corrected chi connectivity index (χ2v) is 18.2. The number of aliphatic hydroxyl groups is 5. The van der Waals surface area contributed by atoms with Crippen LogP contribution in [-0.4, -0.2) is 97.2 Å². The minimum atomic E-state index is -2.18. The first kappa shape index (κ1) is 49.1. The van der Waals surface area contributed by atoms with Crippen molar-refractivity contribution in [1.82, 2.24) is 0 Å². The summed E-state index contributed by atoms with van der Waals surface area (Å²) in [6.45, 7) is 19.2. The fourth-order valence-corrected chi connectivity index (χ4v) is 9.37. The van der Waals surface area contributed by atoms with E-state index in [2.05, 4.69) is 26.8 Å². The Morgan fingerprint density at radius 1 is 0.825 bits per heavy atom. The number of carbonyl (C=O) groups is 3. The van der Waals surface area contributed by atoms with Crippen LogP contribution in [0.15, 0.2) is 36.5 Å². The van der Waals surface area contributed by atoms with E-state index in [1.165, 1.54) is 32.9 Å². The summed E-state index contributed by atoms with van der Waals surface area (Å²) in [6, 6.07) is 0. The van der Waals surface area contributed by atoms with Crippen LogP contribution in [0.5, 0.6) is 0 Å². The van der Waals surface area contributed by atoms with Gasteiger partial charge in [-0.05, 0) is 76.5 Å². The Morgan fingerprint density at radius 3 is 2.09 bits per heavy atom. The quantitative estimate of drug-likeness (QED) is 0.202. The summed E-state index contributed by atoms with van der Waals surface area (Å²) >= 11 is 0. The van der Waals surface area contributed by atoms with Crippen LogP contribution in [0.25, 0.3) is 0 Å². The molecule has 0 aliphatic carbocycles. The third-order valence-electron chi connectivity index (χ3n) is 13.6. The number of ether oxygens (including phenoxy) is 3. The number of Topliss-reactive ketones (excluding diaryl/α,β-unsaturated/α-hetero) is 2. The molecule has 0 aromatic heterocycles. The van der Waals surface area contributed by atoms with Gasteiger partial charge in [0.2, 0.25) is 0 Å². The van der Waals surface area contributed by atoms with Crippen molar-refractivity contribution in [2.75, 3.05) is 0 Å². The van der Waals surface area contributed by atoms with Gasteiger partial charge in [0.15, 0.2) is 11.6 Å². The van der Waals surface area contributed by atoms with E-state index in [1.54, 1.807) is 27.7 Å². The predicted octanol–water partition coefficient (Wildman–Crippen LogP) is 6.27. The molecule has 1 spiro atoms. The molecule has 11 heteroatoms. The Labute approximate surface area is 342 Å². The first-order valence-corrected chi connectivity index (χ1v) is 21.7. The van der Waals surface area contributed by atoms with Crippen LogP contribution in [0.1, 0.15) is 128 Å². The molecular formula is C46H76O11. The summed E-state index contributed by atoms with van der Waals surface area (Å²) in [5.41, 5.74) is -2.18. The number of rotatable bonds is 4. The molecule has 2 bridgehead atoms. The number of hydrogen-bond donors (Lipinski definition) is 5. The summed E-state index contributed by atoms with van der Waals surface area (Å²) in [5.74, 6) is -7.21. The molecule has 18 atom stereocenters. The molecule has 3 rings (SSSR count). The summed E-state index contributed by atoms with van der Waals surface area (Å²) < 4.78 is 20.3. The van der Waals surface area contributed by atoms with Gasteiger partial charge in [-0.1, -0.05) is 92.7 Å². The zero-order chi connectivity index (χ0) is 43.0. The normalized spacial score (nSPS) is 46.2. The van der Waals surface area contributed by atoms with Crippen molar-refractivity contribution < 1.29 is 54.1 Å². The number of hydrogen-bond acceptors (Lipinski definition) is 11. The molecule has 0 saturated carbocycles. The van der Waals surface area contributed by atoms with Crippen LogP contribution >= 0.6 is 0 Å². The minimum absolute atomic E-state index is 0.163. The topological polar surface area (TPSA) is 180 Å². The molecule has 0 unspecified atom stereocenters. The zero-order valence-corrected chi connectivity index (χ0v) is 36.5. The second kappa shape index (κ2) is 21.3. The Balaban J connectivity index is 2.02. The maximum atomic E-state index is 13.6. The molecule has 3 aliphatic heterocycles. The van der Waals surface area contributed by atoms with Gasteiger partial charge >= 0.3 is 5.97 Å². The number of allylic oxidation sites excluding steroid dienone is 4. The zero-order valence-electron chi connectivity index (χ0n) is 36.5. The van der Waals surface area contributed by atoms with Crippen LogP contribution in [0.4, 0.5) is 0 Å². The molecule has 11 nitrogen and oxygen atoms in total. The van der Waals surface area contributed by atoms with Gasteiger partial charge in [0, 0.05) is 42.1 Å². The molecule has 3 aliphatic rings. The highest BCUT2D eigenvalue weighted by Gasteiger charge is 2.57. The lowest BCUT2D eigenvalue weighted by atomic mass is 9.73. The first-order valence-electron chi connectivity index (χ1n) is 21.7. The van der Waals surface area contributed by atoms with Crippen LogP contribution in [0.2, 0.25) is 0 Å². The Kier molecular flexibility index (Phi) is 18.4. The lowest BCUT2D eigenvalue weighted by Crippen LogP contribution is -2.63. The maximum absolute atomic E-state index is 13.6. The van der Waals surface area contributed by atoms with E-state index in [9.17, 15) is 39.9 Å². The minimum Gasteiger partial charge on any atom is -0.458 e. The largest absolute Gasteiger partial charge is 0.458 e. The molecule has 2 fully saturated rings. The van der Waals surface area contributed by atoms with Gasteiger partial charge in [-0.3, -0.25) is 9.59 Å². The molecule has 57 heavy (non-hydrogen) atoms. The van der Waals surface area contributed by atoms with Crippen LogP contribution in [0, 0.1) is 53.3 Å². The third kappa shape index (κ3) is 12.0. The average molecular weight is 805 g/mol. The van der Waals surface area contributed by atoms with E-state index in [0.717, 1.165) is 19.3 Å². The van der Waals surface area contributed by atoms with Crippen molar-refractivity contribution in [3.05, 3.63) is 36.5 Å². The molecular weight excluding hydrogens is 728 g/mol. The lowest BCUT2D eigenvalue weighted by Gasteiger charge is -2.56. The van der Waals surface area contributed by atoms with E-state index in [-0.39, 0.29) is 35.9 Å². The van der Waals surface area contributed by atoms with E-state index in [0.29, 0.717) is 32.1 Å². The number of carbonyl (C=O) groups excluding carboxylic acids is 3. The predicted molar refractivity (Wildman–Crippen MR) is 220 cm³/mol. The van der Waals surface area contributed by atoms with Crippen molar-refractivity contribution in [2.45, 2.75) is 182 Å². The van der Waals surface area contributed by atoms with E-state index in [1.807, 2.05) is 25.2 Å².